The Hall–Kier alpha value is -3.27. The zero-order valence-corrected chi connectivity index (χ0v) is 23.7. The van der Waals surface area contributed by atoms with Crippen LogP contribution in [0.5, 0.6) is 11.5 Å². The maximum absolute atomic E-state index is 13.9. The van der Waals surface area contributed by atoms with Gasteiger partial charge in [-0.2, -0.15) is 0 Å². The minimum atomic E-state index is -3.83. The summed E-state index contributed by atoms with van der Waals surface area (Å²) in [6, 6.07) is 11.8. The number of hydrogen-bond acceptors (Lipinski definition) is 6. The number of hydrogen-bond donors (Lipinski definition) is 1. The van der Waals surface area contributed by atoms with Crippen molar-refractivity contribution < 1.29 is 27.5 Å². The van der Waals surface area contributed by atoms with E-state index in [0.29, 0.717) is 43.4 Å². The minimum absolute atomic E-state index is 0.176. The first-order chi connectivity index (χ1) is 18.1. The molecule has 0 saturated heterocycles. The second-order valence-corrected chi connectivity index (χ2v) is 12.0. The first kappa shape index (κ1) is 29.3. The highest BCUT2D eigenvalue weighted by molar-refractivity contribution is 7.92. The number of carbonyl (C=O) groups is 2. The molecular formula is C28H39N3O6S. The molecule has 3 rings (SSSR count). The van der Waals surface area contributed by atoms with E-state index in [-0.39, 0.29) is 24.1 Å². The Kier molecular flexibility index (Phi) is 10.0. The number of anilines is 1. The molecule has 1 N–H and O–H groups in total. The lowest BCUT2D eigenvalue weighted by Gasteiger charge is -2.33. The van der Waals surface area contributed by atoms with Crippen LogP contribution in [0.2, 0.25) is 0 Å². The molecule has 0 saturated carbocycles. The lowest BCUT2D eigenvalue weighted by Crippen LogP contribution is -2.52. The number of fused-ring (bicyclic) bond motifs is 1. The number of aryl methyl sites for hydroxylation is 1. The number of amides is 2. The Labute approximate surface area is 226 Å². The molecule has 38 heavy (non-hydrogen) atoms. The van der Waals surface area contributed by atoms with Crippen molar-refractivity contribution in [1.82, 2.24) is 10.2 Å². The lowest BCUT2D eigenvalue weighted by molar-refractivity contribution is -0.140. The lowest BCUT2D eigenvalue weighted by atomic mass is 10.1. The Bertz CT molecular complexity index is 1230. The topological polar surface area (TPSA) is 105 Å². The predicted molar refractivity (Wildman–Crippen MR) is 148 cm³/mol. The molecule has 1 atom stereocenters. The number of nitrogens with zero attached hydrogens (tertiary/aromatic N) is 2. The smallest absolute Gasteiger partial charge is 0.244 e. The number of carbonyl (C=O) groups excluding carboxylic acids is 2. The van der Waals surface area contributed by atoms with Crippen LogP contribution in [0.1, 0.15) is 45.2 Å². The number of nitrogens with one attached hydrogen (secondary N) is 1. The summed E-state index contributed by atoms with van der Waals surface area (Å²) in [5.41, 5.74) is 2.19. The molecule has 10 heteroatoms. The van der Waals surface area contributed by atoms with Gasteiger partial charge in [0.05, 0.1) is 11.4 Å². The van der Waals surface area contributed by atoms with Gasteiger partial charge in [-0.25, -0.2) is 8.42 Å². The number of sulfonamides is 1. The van der Waals surface area contributed by atoms with Gasteiger partial charge in [0.1, 0.15) is 25.8 Å². The van der Waals surface area contributed by atoms with Gasteiger partial charge in [0.25, 0.3) is 0 Å². The molecule has 0 bridgehead atoms. The highest BCUT2D eigenvalue weighted by Crippen LogP contribution is 2.35. The van der Waals surface area contributed by atoms with Crippen molar-refractivity contribution in [2.45, 2.75) is 53.6 Å². The van der Waals surface area contributed by atoms with E-state index < -0.39 is 28.5 Å². The van der Waals surface area contributed by atoms with Crippen LogP contribution >= 0.6 is 0 Å². The van der Waals surface area contributed by atoms with Crippen LogP contribution in [-0.2, 0) is 26.2 Å². The third kappa shape index (κ3) is 7.40. The van der Waals surface area contributed by atoms with Gasteiger partial charge in [-0.05, 0) is 43.9 Å². The van der Waals surface area contributed by atoms with Crippen LogP contribution in [0.3, 0.4) is 0 Å². The largest absolute Gasteiger partial charge is 0.486 e. The van der Waals surface area contributed by atoms with Gasteiger partial charge in [0.15, 0.2) is 11.5 Å². The molecule has 0 unspecified atom stereocenters. The van der Waals surface area contributed by atoms with Crippen LogP contribution in [0.25, 0.3) is 0 Å². The Morgan fingerprint density at radius 1 is 1.03 bits per heavy atom. The molecule has 0 aliphatic carbocycles. The second kappa shape index (κ2) is 13.0. The maximum Gasteiger partial charge on any atom is 0.244 e. The van der Waals surface area contributed by atoms with E-state index >= 15 is 0 Å². The molecule has 1 aliphatic rings. The van der Waals surface area contributed by atoms with Crippen molar-refractivity contribution in [1.29, 1.82) is 0 Å². The van der Waals surface area contributed by atoms with Gasteiger partial charge in [0, 0.05) is 19.2 Å². The molecule has 1 heterocycles. The van der Waals surface area contributed by atoms with Crippen molar-refractivity contribution in [3.05, 3.63) is 53.6 Å². The standard InChI is InChI=1S/C28H39N3O6S/c1-6-24(28(33)29-17-20(3)4)30(18-22-10-8-9-21(5)15-22)27(32)19-31(38(34,35)7-2)23-11-12-25-26(16-23)37-14-13-36-25/h8-12,15-16,20,24H,6-7,13-14,17-19H2,1-5H3,(H,29,33)/t24-/m1/s1. The quantitative estimate of drug-likeness (QED) is 0.438. The zero-order valence-electron chi connectivity index (χ0n) is 22.9. The van der Waals surface area contributed by atoms with E-state index in [0.717, 1.165) is 15.4 Å². The molecule has 208 valence electrons. The second-order valence-electron chi connectivity index (χ2n) is 9.81. The van der Waals surface area contributed by atoms with Crippen molar-refractivity contribution in [2.75, 3.05) is 36.4 Å². The van der Waals surface area contributed by atoms with Crippen LogP contribution in [0.4, 0.5) is 5.69 Å². The predicted octanol–water partition coefficient (Wildman–Crippen LogP) is 3.50. The monoisotopic (exact) mass is 545 g/mol. The molecule has 2 aromatic carbocycles. The van der Waals surface area contributed by atoms with Gasteiger partial charge in [-0.1, -0.05) is 50.6 Å². The molecular weight excluding hydrogens is 506 g/mol. The highest BCUT2D eigenvalue weighted by atomic mass is 32.2. The highest BCUT2D eigenvalue weighted by Gasteiger charge is 2.33. The van der Waals surface area contributed by atoms with E-state index in [9.17, 15) is 18.0 Å². The Morgan fingerprint density at radius 2 is 1.74 bits per heavy atom. The summed E-state index contributed by atoms with van der Waals surface area (Å²) in [7, 11) is -3.83. The molecule has 0 fully saturated rings. The van der Waals surface area contributed by atoms with Crippen LogP contribution in [0.15, 0.2) is 42.5 Å². The average molecular weight is 546 g/mol. The third-order valence-corrected chi connectivity index (χ3v) is 8.04. The molecule has 0 spiro atoms. The third-order valence-electron chi connectivity index (χ3n) is 6.30. The summed E-state index contributed by atoms with van der Waals surface area (Å²) in [5, 5.41) is 2.93. The fourth-order valence-corrected chi connectivity index (χ4v) is 5.31. The summed E-state index contributed by atoms with van der Waals surface area (Å²) < 4.78 is 38.7. The summed E-state index contributed by atoms with van der Waals surface area (Å²) in [4.78, 5) is 28.6. The van der Waals surface area contributed by atoms with Crippen LogP contribution in [-0.4, -0.2) is 63.2 Å². The average Bonchev–Trinajstić information content (AvgIpc) is 2.89. The maximum atomic E-state index is 13.9. The minimum Gasteiger partial charge on any atom is -0.486 e. The summed E-state index contributed by atoms with van der Waals surface area (Å²) in [6.45, 7) is 10.3. The summed E-state index contributed by atoms with van der Waals surface area (Å²) in [5.74, 6) is 0.274. The Morgan fingerprint density at radius 3 is 2.37 bits per heavy atom. The fourth-order valence-electron chi connectivity index (χ4n) is 4.26. The van der Waals surface area contributed by atoms with Crippen LogP contribution in [0, 0.1) is 12.8 Å². The first-order valence-electron chi connectivity index (χ1n) is 13.1. The molecule has 9 nitrogen and oxygen atoms in total. The van der Waals surface area contributed by atoms with Crippen molar-refractivity contribution in [3.63, 3.8) is 0 Å². The van der Waals surface area contributed by atoms with Gasteiger partial charge in [0.2, 0.25) is 21.8 Å². The SMILES string of the molecule is CC[C@H](C(=O)NCC(C)C)N(Cc1cccc(C)c1)C(=O)CN(c1ccc2c(c1)OCCO2)S(=O)(=O)CC. The van der Waals surface area contributed by atoms with Gasteiger partial charge < -0.3 is 19.7 Å². The van der Waals surface area contributed by atoms with Gasteiger partial charge in [-0.3, -0.25) is 13.9 Å². The summed E-state index contributed by atoms with van der Waals surface area (Å²) in [6.07, 6.45) is 0.381. The molecule has 2 aromatic rings. The normalized spacial score (nSPS) is 13.6. The van der Waals surface area contributed by atoms with E-state index in [1.54, 1.807) is 18.2 Å². The summed E-state index contributed by atoms with van der Waals surface area (Å²) >= 11 is 0. The van der Waals surface area contributed by atoms with Gasteiger partial charge >= 0.3 is 0 Å². The molecule has 0 aromatic heterocycles. The first-order valence-corrected chi connectivity index (χ1v) is 14.7. The fraction of sp³-hybridized carbons (Fsp3) is 0.500. The van der Waals surface area contributed by atoms with Gasteiger partial charge in [-0.15, -0.1) is 0 Å². The number of rotatable bonds is 12. The van der Waals surface area contributed by atoms with Crippen molar-refractivity contribution in [2.24, 2.45) is 5.92 Å². The van der Waals surface area contributed by atoms with E-state index in [1.165, 1.54) is 11.8 Å². The van der Waals surface area contributed by atoms with E-state index in [2.05, 4.69) is 5.32 Å². The molecule has 0 radical (unpaired) electrons. The van der Waals surface area contributed by atoms with Crippen molar-refractivity contribution >= 4 is 27.5 Å². The zero-order chi connectivity index (χ0) is 27.9. The number of ether oxygens (including phenoxy) is 2. The molecule has 2 amide bonds. The van der Waals surface area contributed by atoms with Crippen LogP contribution < -0.4 is 19.1 Å². The number of benzene rings is 2. The molecule has 1 aliphatic heterocycles. The van der Waals surface area contributed by atoms with Crippen molar-refractivity contribution in [3.8, 4) is 11.5 Å². The van der Waals surface area contributed by atoms with E-state index in [1.807, 2.05) is 52.0 Å². The Balaban J connectivity index is 1.97. The van der Waals surface area contributed by atoms with E-state index in [4.69, 9.17) is 9.47 Å².